The Hall–Kier alpha value is 0.350. The minimum Gasteiger partial charge on any atom is -0.352 e. The van der Waals surface area contributed by atoms with Crippen molar-refractivity contribution in [2.45, 2.75) is 19.4 Å². The van der Waals surface area contributed by atoms with E-state index in [0.717, 1.165) is 10.7 Å². The quantitative estimate of drug-likeness (QED) is 0.394. The fourth-order valence-electron chi connectivity index (χ4n) is 2.11. The molecule has 1 aliphatic rings. The van der Waals surface area contributed by atoms with Gasteiger partial charge in [-0.2, -0.15) is 0 Å². The Morgan fingerprint density at radius 1 is 1.30 bits per heavy atom. The highest BCUT2D eigenvalue weighted by atomic mass is 127. The molecule has 2 amide bonds. The lowest BCUT2D eigenvalue weighted by molar-refractivity contribution is -0.133. The highest BCUT2D eigenvalue weighted by Crippen LogP contribution is 2.27. The molecule has 0 bridgehead atoms. The van der Waals surface area contributed by atoms with Crippen molar-refractivity contribution in [2.24, 2.45) is 0 Å². The maximum atomic E-state index is 12.8. The minimum atomic E-state index is -0.814. The van der Waals surface area contributed by atoms with Gasteiger partial charge in [0, 0.05) is 23.8 Å². The maximum Gasteiger partial charge on any atom is 0.255 e. The summed E-state index contributed by atoms with van der Waals surface area (Å²) in [4.78, 5) is 26.5. The Balaban J connectivity index is 2.44. The number of hydrogen-bond acceptors (Lipinski definition) is 2. The topological polar surface area (TPSA) is 49.4 Å². The number of benzene rings is 1. The summed E-state index contributed by atoms with van der Waals surface area (Å²) in [5, 5.41) is 2.81. The van der Waals surface area contributed by atoms with E-state index in [-0.39, 0.29) is 11.8 Å². The van der Waals surface area contributed by atoms with Gasteiger partial charge < -0.3 is 10.2 Å². The molecule has 0 aliphatic carbocycles. The van der Waals surface area contributed by atoms with E-state index in [0.29, 0.717) is 18.7 Å². The van der Waals surface area contributed by atoms with Crippen LogP contribution in [0.1, 0.15) is 24.2 Å². The molecule has 0 saturated carbocycles. The van der Waals surface area contributed by atoms with E-state index in [1.807, 2.05) is 12.1 Å². The minimum absolute atomic E-state index is 0.0781. The van der Waals surface area contributed by atoms with Gasteiger partial charge in [-0.1, -0.05) is 0 Å². The lowest BCUT2D eigenvalue weighted by Crippen LogP contribution is -2.63. The van der Waals surface area contributed by atoms with Crippen LogP contribution in [0.25, 0.3) is 0 Å². The number of rotatable bonds is 1. The molecule has 1 heterocycles. The molecule has 1 fully saturated rings. The highest BCUT2D eigenvalue weighted by molar-refractivity contribution is 14.1. The number of carbonyl (C=O) groups excluding carboxylic acids is 2. The van der Waals surface area contributed by atoms with Gasteiger partial charge in [-0.3, -0.25) is 9.59 Å². The Morgan fingerprint density at radius 2 is 1.95 bits per heavy atom. The Labute approximate surface area is 158 Å². The molecule has 0 unspecified atom stereocenters. The zero-order chi connectivity index (χ0) is 15.1. The summed E-state index contributed by atoms with van der Waals surface area (Å²) in [5.41, 5.74) is -0.143. The number of hydrogen-bond donors (Lipinski definition) is 1. The third-order valence-corrected chi connectivity index (χ3v) is 6.99. The normalized spacial score (nSPS) is 17.9. The number of carbonyl (C=O) groups is 2. The van der Waals surface area contributed by atoms with Gasteiger partial charge in [-0.05, 0) is 93.8 Å². The fraction of sp³-hybridized carbons (Fsp3) is 0.385. The molecule has 1 aromatic carbocycles. The standard InChI is InChI=1S/C13H13I3N2O2/c1-13(2)12(20)17-3-4-18(13)11(19)8-5-7(14)6-9(15)10(8)16/h5-6H,3-4H2,1-2H3,(H,17,20). The first kappa shape index (κ1) is 16.7. The van der Waals surface area contributed by atoms with Crippen molar-refractivity contribution in [3.05, 3.63) is 28.4 Å². The zero-order valence-corrected chi connectivity index (χ0v) is 17.4. The second kappa shape index (κ2) is 6.23. The van der Waals surface area contributed by atoms with E-state index < -0.39 is 5.54 Å². The van der Waals surface area contributed by atoms with Gasteiger partial charge in [0.05, 0.1) is 5.56 Å². The highest BCUT2D eigenvalue weighted by Gasteiger charge is 2.41. The van der Waals surface area contributed by atoms with Gasteiger partial charge in [0.1, 0.15) is 5.54 Å². The van der Waals surface area contributed by atoms with Crippen LogP contribution in [0.5, 0.6) is 0 Å². The van der Waals surface area contributed by atoms with E-state index in [9.17, 15) is 9.59 Å². The predicted octanol–water partition coefficient (Wildman–Crippen LogP) is 2.85. The predicted molar refractivity (Wildman–Crippen MR) is 103 cm³/mol. The molecule has 7 heteroatoms. The molecule has 1 aliphatic heterocycles. The largest absolute Gasteiger partial charge is 0.352 e. The van der Waals surface area contributed by atoms with E-state index in [4.69, 9.17) is 0 Å². The van der Waals surface area contributed by atoms with Crippen molar-refractivity contribution in [1.82, 2.24) is 10.2 Å². The van der Waals surface area contributed by atoms with Crippen LogP contribution in [0.2, 0.25) is 0 Å². The second-order valence-electron chi connectivity index (χ2n) is 5.02. The van der Waals surface area contributed by atoms with Crippen LogP contribution in [-0.2, 0) is 4.79 Å². The number of piperazine rings is 1. The SMILES string of the molecule is CC1(C)C(=O)NCCN1C(=O)c1cc(I)cc(I)c1I. The van der Waals surface area contributed by atoms with Gasteiger partial charge >= 0.3 is 0 Å². The summed E-state index contributed by atoms with van der Waals surface area (Å²) in [6.45, 7) is 4.61. The number of amides is 2. The van der Waals surface area contributed by atoms with E-state index in [1.165, 1.54) is 0 Å². The molecule has 108 valence electrons. The van der Waals surface area contributed by atoms with Crippen LogP contribution in [0.3, 0.4) is 0 Å². The summed E-state index contributed by atoms with van der Waals surface area (Å²) in [7, 11) is 0. The Kier molecular flexibility index (Phi) is 5.20. The van der Waals surface area contributed by atoms with Crippen molar-refractivity contribution in [3.63, 3.8) is 0 Å². The Bertz CT molecular complexity index is 587. The van der Waals surface area contributed by atoms with Crippen molar-refractivity contribution in [3.8, 4) is 0 Å². The number of nitrogens with zero attached hydrogens (tertiary/aromatic N) is 1. The molecule has 0 spiro atoms. The van der Waals surface area contributed by atoms with Crippen LogP contribution in [0.4, 0.5) is 0 Å². The number of halogens is 3. The average Bonchev–Trinajstić information content (AvgIpc) is 2.36. The average molecular weight is 610 g/mol. The monoisotopic (exact) mass is 610 g/mol. The van der Waals surface area contributed by atoms with Gasteiger partial charge in [0.25, 0.3) is 5.91 Å². The smallest absolute Gasteiger partial charge is 0.255 e. The van der Waals surface area contributed by atoms with Crippen LogP contribution in [0, 0.1) is 10.7 Å². The second-order valence-corrected chi connectivity index (χ2v) is 8.51. The molecule has 1 N–H and O–H groups in total. The molecule has 0 aromatic heterocycles. The van der Waals surface area contributed by atoms with Crippen LogP contribution in [0.15, 0.2) is 12.1 Å². The van der Waals surface area contributed by atoms with Crippen LogP contribution >= 0.6 is 67.8 Å². The van der Waals surface area contributed by atoms with Gasteiger partial charge in [0.2, 0.25) is 5.91 Å². The van der Waals surface area contributed by atoms with E-state index in [1.54, 1.807) is 18.7 Å². The molecule has 0 radical (unpaired) electrons. The maximum absolute atomic E-state index is 12.8. The molecule has 0 atom stereocenters. The van der Waals surface area contributed by atoms with Crippen molar-refractivity contribution >= 4 is 79.6 Å². The summed E-state index contributed by atoms with van der Waals surface area (Å²) in [6.07, 6.45) is 0. The third-order valence-electron chi connectivity index (χ3n) is 3.32. The summed E-state index contributed by atoms with van der Waals surface area (Å²) >= 11 is 6.63. The third kappa shape index (κ3) is 3.08. The van der Waals surface area contributed by atoms with Crippen molar-refractivity contribution in [1.29, 1.82) is 0 Å². The zero-order valence-electron chi connectivity index (χ0n) is 11.0. The van der Waals surface area contributed by atoms with Crippen LogP contribution < -0.4 is 5.32 Å². The van der Waals surface area contributed by atoms with E-state index in [2.05, 4.69) is 73.1 Å². The van der Waals surface area contributed by atoms with Gasteiger partial charge in [-0.15, -0.1) is 0 Å². The van der Waals surface area contributed by atoms with Gasteiger partial charge in [-0.25, -0.2) is 0 Å². The first-order valence-corrected chi connectivity index (χ1v) is 9.23. The summed E-state index contributed by atoms with van der Waals surface area (Å²) < 4.78 is 3.02. The molecular formula is C13H13I3N2O2. The molecule has 4 nitrogen and oxygen atoms in total. The molecule has 1 aromatic rings. The summed E-state index contributed by atoms with van der Waals surface area (Å²) in [5.74, 6) is -0.182. The number of nitrogens with one attached hydrogen (secondary N) is 1. The fourth-order valence-corrected chi connectivity index (χ4v) is 4.50. The summed E-state index contributed by atoms with van der Waals surface area (Å²) in [6, 6.07) is 3.92. The van der Waals surface area contributed by atoms with Crippen molar-refractivity contribution < 1.29 is 9.59 Å². The Morgan fingerprint density at radius 3 is 2.60 bits per heavy atom. The lowest BCUT2D eigenvalue weighted by atomic mass is 9.97. The first-order chi connectivity index (χ1) is 9.25. The molecule has 1 saturated heterocycles. The molecule has 2 rings (SSSR count). The van der Waals surface area contributed by atoms with Crippen LogP contribution in [-0.4, -0.2) is 35.3 Å². The molecular weight excluding hydrogens is 597 g/mol. The first-order valence-electron chi connectivity index (χ1n) is 6.00. The lowest BCUT2D eigenvalue weighted by Gasteiger charge is -2.41. The van der Waals surface area contributed by atoms with Crippen molar-refractivity contribution in [2.75, 3.05) is 13.1 Å². The van der Waals surface area contributed by atoms with Gasteiger partial charge in [0.15, 0.2) is 0 Å². The van der Waals surface area contributed by atoms with E-state index >= 15 is 0 Å². The molecule has 20 heavy (non-hydrogen) atoms.